The summed E-state index contributed by atoms with van der Waals surface area (Å²) in [5.74, 6) is -0.170. The second-order valence-electron chi connectivity index (χ2n) is 4.54. The van der Waals surface area contributed by atoms with Crippen molar-refractivity contribution in [2.75, 3.05) is 44.7 Å². The van der Waals surface area contributed by atoms with Gasteiger partial charge in [-0.1, -0.05) is 11.6 Å². The van der Waals surface area contributed by atoms with Gasteiger partial charge >= 0.3 is 12.0 Å². The molecule has 0 aromatic carbocycles. The minimum atomic E-state index is -0.805. The fourth-order valence-electron chi connectivity index (χ4n) is 2.19. The Labute approximate surface area is 122 Å². The third kappa shape index (κ3) is 3.71. The van der Waals surface area contributed by atoms with Crippen LogP contribution in [0.3, 0.4) is 0 Å². The summed E-state index contributed by atoms with van der Waals surface area (Å²) >= 11 is 6.13. The molecule has 1 aliphatic heterocycles. The first-order valence-electron chi connectivity index (χ1n) is 6.36. The summed E-state index contributed by atoms with van der Waals surface area (Å²) in [5.41, 5.74) is 0. The molecule has 7 nitrogen and oxygen atoms in total. The van der Waals surface area contributed by atoms with Crippen LogP contribution in [0.4, 0.5) is 5.82 Å². The van der Waals surface area contributed by atoms with E-state index in [1.807, 2.05) is 9.80 Å². The molecule has 0 aliphatic carbocycles. The Kier molecular flexibility index (Phi) is 4.97. The minimum Gasteiger partial charge on any atom is -0.480 e. The lowest BCUT2D eigenvalue weighted by Gasteiger charge is -2.23. The number of aliphatic carboxylic acids is 1. The number of ether oxygens (including phenoxy) is 1. The number of carboxylic acids is 1. The molecule has 0 spiro atoms. The van der Waals surface area contributed by atoms with Gasteiger partial charge in [0.1, 0.15) is 5.02 Å². The fourth-order valence-corrected chi connectivity index (χ4v) is 2.41. The van der Waals surface area contributed by atoms with Gasteiger partial charge in [0, 0.05) is 26.2 Å². The average Bonchev–Trinajstić information content (AvgIpc) is 2.64. The molecule has 1 N–H and O–H groups in total. The zero-order valence-corrected chi connectivity index (χ0v) is 12.0. The van der Waals surface area contributed by atoms with Gasteiger partial charge in [0.2, 0.25) is 0 Å². The molecule has 8 heteroatoms. The molecule has 0 radical (unpaired) electrons. The number of carboxylic acid groups (broad SMARTS) is 1. The predicted octanol–water partition coefficient (Wildman–Crippen LogP) is 0.735. The number of hydrogen-bond donors (Lipinski definition) is 1. The molecule has 1 saturated heterocycles. The van der Waals surface area contributed by atoms with E-state index in [9.17, 15) is 4.79 Å². The number of aromatic nitrogens is 2. The van der Waals surface area contributed by atoms with Gasteiger partial charge in [-0.25, -0.2) is 4.98 Å². The van der Waals surface area contributed by atoms with Crippen LogP contribution in [0.1, 0.15) is 6.42 Å². The van der Waals surface area contributed by atoms with Crippen LogP contribution in [0.5, 0.6) is 6.01 Å². The number of nitrogens with zero attached hydrogens (tertiary/aromatic N) is 4. The predicted molar refractivity (Wildman–Crippen MR) is 74.5 cm³/mol. The van der Waals surface area contributed by atoms with Crippen LogP contribution in [0.25, 0.3) is 0 Å². The van der Waals surface area contributed by atoms with Crippen LogP contribution >= 0.6 is 11.6 Å². The molecule has 2 rings (SSSR count). The zero-order chi connectivity index (χ0) is 14.5. The lowest BCUT2D eigenvalue weighted by molar-refractivity contribution is -0.138. The monoisotopic (exact) mass is 300 g/mol. The first kappa shape index (κ1) is 14.8. The van der Waals surface area contributed by atoms with Gasteiger partial charge in [0.15, 0.2) is 5.82 Å². The van der Waals surface area contributed by atoms with Crippen LogP contribution in [0.2, 0.25) is 5.02 Å². The van der Waals surface area contributed by atoms with Crippen LogP contribution in [0, 0.1) is 0 Å². The van der Waals surface area contributed by atoms with Crippen molar-refractivity contribution in [2.24, 2.45) is 0 Å². The van der Waals surface area contributed by atoms with Gasteiger partial charge in [-0.05, 0) is 6.42 Å². The molecule has 1 aliphatic rings. The molecule has 20 heavy (non-hydrogen) atoms. The number of rotatable bonds is 4. The number of carbonyl (C=O) groups is 1. The SMILES string of the molecule is COc1ncc(Cl)c(N2CCCN(CC(=O)O)CC2)n1. The summed E-state index contributed by atoms with van der Waals surface area (Å²) in [5, 5.41) is 9.31. The molecule has 1 fully saturated rings. The molecule has 2 heterocycles. The Morgan fingerprint density at radius 1 is 1.45 bits per heavy atom. The van der Waals surface area contributed by atoms with E-state index in [1.165, 1.54) is 13.3 Å². The lowest BCUT2D eigenvalue weighted by atomic mass is 10.3. The summed E-state index contributed by atoms with van der Waals surface area (Å²) in [4.78, 5) is 22.9. The Morgan fingerprint density at radius 3 is 2.95 bits per heavy atom. The van der Waals surface area contributed by atoms with Crippen LogP contribution in [0.15, 0.2) is 6.20 Å². The quantitative estimate of drug-likeness (QED) is 0.878. The number of anilines is 1. The van der Waals surface area contributed by atoms with Crippen molar-refractivity contribution in [3.63, 3.8) is 0 Å². The van der Waals surface area contributed by atoms with Crippen molar-refractivity contribution >= 4 is 23.4 Å². The second kappa shape index (κ2) is 6.71. The van der Waals surface area contributed by atoms with E-state index in [1.54, 1.807) is 0 Å². The number of halogens is 1. The summed E-state index contributed by atoms with van der Waals surface area (Å²) in [6, 6.07) is 0.274. The van der Waals surface area contributed by atoms with Gasteiger partial charge < -0.3 is 14.7 Å². The van der Waals surface area contributed by atoms with Crippen LogP contribution < -0.4 is 9.64 Å². The Hall–Kier alpha value is -1.60. The maximum Gasteiger partial charge on any atom is 0.318 e. The largest absolute Gasteiger partial charge is 0.480 e. The highest BCUT2D eigenvalue weighted by Crippen LogP contribution is 2.25. The minimum absolute atomic E-state index is 0.0642. The van der Waals surface area contributed by atoms with Crippen molar-refractivity contribution in [3.8, 4) is 6.01 Å². The topological polar surface area (TPSA) is 78.8 Å². The summed E-state index contributed by atoms with van der Waals surface area (Å²) in [6.07, 6.45) is 2.37. The first-order valence-corrected chi connectivity index (χ1v) is 6.73. The average molecular weight is 301 g/mol. The molecule has 1 aromatic rings. The van der Waals surface area contributed by atoms with Gasteiger partial charge in [-0.3, -0.25) is 9.69 Å². The van der Waals surface area contributed by atoms with Crippen LogP contribution in [-0.2, 0) is 4.79 Å². The molecule has 0 saturated carbocycles. The zero-order valence-electron chi connectivity index (χ0n) is 11.3. The van der Waals surface area contributed by atoms with Crippen molar-refractivity contribution in [3.05, 3.63) is 11.2 Å². The number of hydrogen-bond acceptors (Lipinski definition) is 6. The molecular weight excluding hydrogens is 284 g/mol. The molecule has 0 amide bonds. The van der Waals surface area contributed by atoms with Crippen molar-refractivity contribution < 1.29 is 14.6 Å². The Balaban J connectivity index is 2.08. The summed E-state index contributed by atoms with van der Waals surface area (Å²) in [6.45, 7) is 2.93. The molecular formula is C12H17ClN4O3. The molecule has 0 atom stereocenters. The third-order valence-corrected chi connectivity index (χ3v) is 3.40. The maximum absolute atomic E-state index is 10.8. The van der Waals surface area contributed by atoms with Crippen molar-refractivity contribution in [2.45, 2.75) is 6.42 Å². The first-order chi connectivity index (χ1) is 9.60. The van der Waals surface area contributed by atoms with Gasteiger partial charge in [0.25, 0.3) is 0 Å². The number of methoxy groups -OCH3 is 1. The second-order valence-corrected chi connectivity index (χ2v) is 4.95. The lowest BCUT2D eigenvalue weighted by Crippen LogP contribution is -2.34. The smallest absolute Gasteiger partial charge is 0.318 e. The fraction of sp³-hybridized carbons (Fsp3) is 0.583. The third-order valence-electron chi connectivity index (χ3n) is 3.13. The highest BCUT2D eigenvalue weighted by molar-refractivity contribution is 6.32. The van der Waals surface area contributed by atoms with E-state index in [0.29, 0.717) is 23.9 Å². The molecule has 0 bridgehead atoms. The van der Waals surface area contributed by atoms with E-state index in [2.05, 4.69) is 9.97 Å². The molecule has 0 unspecified atom stereocenters. The Bertz CT molecular complexity index is 486. The van der Waals surface area contributed by atoms with E-state index < -0.39 is 5.97 Å². The molecule has 110 valence electrons. The highest BCUT2D eigenvalue weighted by Gasteiger charge is 2.20. The molecule has 1 aromatic heterocycles. The van der Waals surface area contributed by atoms with Gasteiger partial charge in [-0.2, -0.15) is 4.98 Å². The van der Waals surface area contributed by atoms with Gasteiger partial charge in [-0.15, -0.1) is 0 Å². The van der Waals surface area contributed by atoms with E-state index in [-0.39, 0.29) is 12.6 Å². The highest BCUT2D eigenvalue weighted by atomic mass is 35.5. The maximum atomic E-state index is 10.8. The van der Waals surface area contributed by atoms with Crippen molar-refractivity contribution in [1.29, 1.82) is 0 Å². The standard InChI is InChI=1S/C12H17ClN4O3/c1-20-12-14-7-9(13)11(15-12)17-4-2-3-16(5-6-17)8-10(18)19/h7H,2-6,8H2,1H3,(H,18,19). The van der Waals surface area contributed by atoms with E-state index >= 15 is 0 Å². The normalized spacial score (nSPS) is 16.8. The summed E-state index contributed by atoms with van der Waals surface area (Å²) < 4.78 is 5.01. The van der Waals surface area contributed by atoms with E-state index in [0.717, 1.165) is 19.5 Å². The van der Waals surface area contributed by atoms with Crippen molar-refractivity contribution in [1.82, 2.24) is 14.9 Å². The Morgan fingerprint density at radius 2 is 2.25 bits per heavy atom. The summed E-state index contributed by atoms with van der Waals surface area (Å²) in [7, 11) is 1.50. The van der Waals surface area contributed by atoms with Crippen LogP contribution in [-0.4, -0.2) is 65.8 Å². The van der Waals surface area contributed by atoms with E-state index in [4.69, 9.17) is 21.4 Å². The van der Waals surface area contributed by atoms with Gasteiger partial charge in [0.05, 0.1) is 19.9 Å².